The number of halogens is 3. The first-order valence-corrected chi connectivity index (χ1v) is 5.39. The van der Waals surface area contributed by atoms with Crippen LogP contribution in [0.2, 0.25) is 5.02 Å². The molecule has 0 aliphatic rings. The SMILES string of the molecule is NS(=O)(=O)c1c(C(F)F)[nH]cc(Cl)c1=O. The smallest absolute Gasteiger partial charge is 0.279 e. The minimum Gasteiger partial charge on any atom is -0.358 e. The van der Waals surface area contributed by atoms with Gasteiger partial charge in [0.1, 0.15) is 10.7 Å². The van der Waals surface area contributed by atoms with Crippen molar-refractivity contribution in [2.75, 3.05) is 0 Å². The molecular weight excluding hydrogens is 254 g/mol. The van der Waals surface area contributed by atoms with Crippen molar-refractivity contribution in [2.24, 2.45) is 5.14 Å². The fourth-order valence-corrected chi connectivity index (χ4v) is 1.98. The van der Waals surface area contributed by atoms with Crippen molar-refractivity contribution in [1.82, 2.24) is 4.98 Å². The second-order valence-corrected chi connectivity index (χ2v) is 4.46. The molecule has 0 aliphatic carbocycles. The van der Waals surface area contributed by atoms with E-state index in [4.69, 9.17) is 11.6 Å². The Morgan fingerprint density at radius 3 is 2.40 bits per heavy atom. The van der Waals surface area contributed by atoms with E-state index in [2.05, 4.69) is 5.14 Å². The van der Waals surface area contributed by atoms with Gasteiger partial charge in [0, 0.05) is 6.20 Å². The zero-order valence-electron chi connectivity index (χ0n) is 7.00. The van der Waals surface area contributed by atoms with Gasteiger partial charge in [0.15, 0.2) is 4.90 Å². The van der Waals surface area contributed by atoms with E-state index >= 15 is 0 Å². The standard InChI is InChI=1S/C6H5ClF2N2O3S/c7-2-1-11-3(6(8)9)5(4(2)12)15(10,13)14/h1,6H,(H,11,12)(H2,10,13,14). The molecule has 0 atom stereocenters. The second kappa shape index (κ2) is 3.87. The van der Waals surface area contributed by atoms with Crippen molar-refractivity contribution in [1.29, 1.82) is 0 Å². The topological polar surface area (TPSA) is 93.0 Å². The molecule has 5 nitrogen and oxygen atoms in total. The number of hydrogen-bond acceptors (Lipinski definition) is 3. The molecule has 0 saturated carbocycles. The van der Waals surface area contributed by atoms with Crippen molar-refractivity contribution in [3.8, 4) is 0 Å². The summed E-state index contributed by atoms with van der Waals surface area (Å²) in [6.45, 7) is 0. The zero-order valence-corrected chi connectivity index (χ0v) is 8.57. The monoisotopic (exact) mass is 258 g/mol. The Balaban J connectivity index is 3.73. The molecule has 0 spiro atoms. The molecule has 15 heavy (non-hydrogen) atoms. The normalized spacial score (nSPS) is 12.1. The Morgan fingerprint density at radius 1 is 1.47 bits per heavy atom. The summed E-state index contributed by atoms with van der Waals surface area (Å²) in [6.07, 6.45) is -2.39. The van der Waals surface area contributed by atoms with Crippen molar-refractivity contribution >= 4 is 21.6 Å². The van der Waals surface area contributed by atoms with E-state index in [9.17, 15) is 22.0 Å². The quantitative estimate of drug-likeness (QED) is 0.814. The maximum absolute atomic E-state index is 12.3. The molecule has 0 unspecified atom stereocenters. The highest BCUT2D eigenvalue weighted by molar-refractivity contribution is 7.89. The number of rotatable bonds is 2. The Labute approximate surface area is 87.9 Å². The van der Waals surface area contributed by atoms with Crippen LogP contribution < -0.4 is 10.6 Å². The van der Waals surface area contributed by atoms with E-state index in [1.165, 1.54) is 0 Å². The lowest BCUT2D eigenvalue weighted by atomic mass is 10.3. The molecule has 3 N–H and O–H groups in total. The summed E-state index contributed by atoms with van der Waals surface area (Å²) in [5, 5.41) is 4.10. The lowest BCUT2D eigenvalue weighted by Crippen LogP contribution is -2.25. The lowest BCUT2D eigenvalue weighted by Gasteiger charge is -2.05. The predicted octanol–water partition coefficient (Wildman–Crippen LogP) is 0.613. The summed E-state index contributed by atoms with van der Waals surface area (Å²) < 4.78 is 46.5. The highest BCUT2D eigenvalue weighted by Crippen LogP contribution is 2.21. The fourth-order valence-electron chi connectivity index (χ4n) is 0.948. The maximum atomic E-state index is 12.3. The van der Waals surface area contributed by atoms with Gasteiger partial charge < -0.3 is 4.98 Å². The van der Waals surface area contributed by atoms with Crippen LogP contribution in [0.3, 0.4) is 0 Å². The Bertz CT molecular complexity index is 540. The van der Waals surface area contributed by atoms with Gasteiger partial charge in [0.25, 0.3) is 6.43 Å². The molecule has 84 valence electrons. The molecule has 0 aliphatic heterocycles. The number of nitrogens with one attached hydrogen (secondary N) is 1. The van der Waals surface area contributed by atoms with E-state index in [0.717, 1.165) is 6.20 Å². The highest BCUT2D eigenvalue weighted by atomic mass is 35.5. The van der Waals surface area contributed by atoms with Crippen molar-refractivity contribution < 1.29 is 17.2 Å². The molecule has 0 aromatic carbocycles. The number of nitrogens with two attached hydrogens (primary N) is 1. The number of H-pyrrole nitrogens is 1. The fraction of sp³-hybridized carbons (Fsp3) is 0.167. The summed E-state index contributed by atoms with van der Waals surface area (Å²) in [5.74, 6) is 0. The summed E-state index contributed by atoms with van der Waals surface area (Å²) in [6, 6.07) is 0. The molecule has 1 aromatic heterocycles. The predicted molar refractivity (Wildman–Crippen MR) is 48.4 cm³/mol. The third-order valence-electron chi connectivity index (χ3n) is 1.52. The first kappa shape index (κ1) is 12.1. The number of primary sulfonamides is 1. The summed E-state index contributed by atoms with van der Waals surface area (Å²) in [4.78, 5) is 11.9. The molecule has 1 aromatic rings. The van der Waals surface area contributed by atoms with Crippen LogP contribution in [0, 0.1) is 0 Å². The van der Waals surface area contributed by atoms with Crippen molar-refractivity contribution in [3.05, 3.63) is 27.1 Å². The first-order valence-electron chi connectivity index (χ1n) is 3.47. The molecule has 0 fully saturated rings. The van der Waals surface area contributed by atoms with Crippen LogP contribution in [-0.4, -0.2) is 13.4 Å². The summed E-state index contributed by atoms with van der Waals surface area (Å²) in [7, 11) is -4.54. The molecule has 9 heteroatoms. The number of aromatic nitrogens is 1. The Hall–Kier alpha value is -0.990. The highest BCUT2D eigenvalue weighted by Gasteiger charge is 2.25. The van der Waals surface area contributed by atoms with E-state index < -0.39 is 37.5 Å². The summed E-state index contributed by atoms with van der Waals surface area (Å²) >= 11 is 5.29. The number of sulfonamides is 1. The van der Waals surface area contributed by atoms with Gasteiger partial charge in [-0.2, -0.15) is 0 Å². The van der Waals surface area contributed by atoms with Gasteiger partial charge in [-0.1, -0.05) is 11.6 Å². The molecule has 1 heterocycles. The molecule has 0 radical (unpaired) electrons. The van der Waals surface area contributed by atoms with E-state index in [0.29, 0.717) is 0 Å². The lowest BCUT2D eigenvalue weighted by molar-refractivity contribution is 0.142. The van der Waals surface area contributed by atoms with E-state index in [1.807, 2.05) is 4.98 Å². The zero-order chi connectivity index (χ0) is 11.8. The van der Waals surface area contributed by atoms with Crippen molar-refractivity contribution in [3.63, 3.8) is 0 Å². The van der Waals surface area contributed by atoms with Crippen molar-refractivity contribution in [2.45, 2.75) is 11.3 Å². The Kier molecular flexibility index (Phi) is 3.12. The molecular formula is C6H5ClF2N2O3S. The average molecular weight is 259 g/mol. The van der Waals surface area contributed by atoms with Gasteiger partial charge >= 0.3 is 0 Å². The molecule has 0 bridgehead atoms. The maximum Gasteiger partial charge on any atom is 0.279 e. The number of alkyl halides is 2. The number of aromatic amines is 1. The van der Waals surface area contributed by atoms with Gasteiger partial charge in [-0.15, -0.1) is 0 Å². The minimum atomic E-state index is -4.54. The van der Waals surface area contributed by atoms with Gasteiger partial charge in [-0.05, 0) is 0 Å². The molecule has 0 saturated heterocycles. The van der Waals surface area contributed by atoms with Gasteiger partial charge in [0.2, 0.25) is 15.5 Å². The van der Waals surface area contributed by atoms with Crippen LogP contribution in [0.15, 0.2) is 15.9 Å². The first-order chi connectivity index (χ1) is 6.75. The van der Waals surface area contributed by atoms with E-state index in [-0.39, 0.29) is 0 Å². The van der Waals surface area contributed by atoms with Gasteiger partial charge in [-0.25, -0.2) is 22.3 Å². The van der Waals surface area contributed by atoms with E-state index in [1.54, 1.807) is 0 Å². The Morgan fingerprint density at radius 2 is 2.00 bits per heavy atom. The van der Waals surface area contributed by atoms with Crippen LogP contribution in [0.1, 0.15) is 12.1 Å². The molecule has 1 rings (SSSR count). The minimum absolute atomic E-state index is 0.525. The largest absolute Gasteiger partial charge is 0.358 e. The van der Waals surface area contributed by atoms with Gasteiger partial charge in [-0.3, -0.25) is 4.79 Å². The number of hydrogen-bond donors (Lipinski definition) is 2. The van der Waals surface area contributed by atoms with Crippen LogP contribution in [0.25, 0.3) is 0 Å². The van der Waals surface area contributed by atoms with Crippen LogP contribution in [0.4, 0.5) is 8.78 Å². The van der Waals surface area contributed by atoms with Gasteiger partial charge in [0.05, 0.1) is 0 Å². The number of pyridine rings is 1. The third-order valence-corrected chi connectivity index (χ3v) is 2.78. The third kappa shape index (κ3) is 2.33. The van der Waals surface area contributed by atoms with Crippen LogP contribution in [0.5, 0.6) is 0 Å². The second-order valence-electron chi connectivity index (χ2n) is 2.55. The van der Waals surface area contributed by atoms with Crippen LogP contribution >= 0.6 is 11.6 Å². The van der Waals surface area contributed by atoms with Crippen LogP contribution in [-0.2, 0) is 10.0 Å². The molecule has 0 amide bonds. The average Bonchev–Trinajstić information content (AvgIpc) is 2.06. The summed E-state index contributed by atoms with van der Waals surface area (Å²) in [5.41, 5.74) is -2.31.